The molecule has 0 N–H and O–H groups in total. The average Bonchev–Trinajstić information content (AvgIpc) is 2.90. The molecule has 0 fully saturated rings. The molecule has 0 aliphatic rings. The lowest BCUT2D eigenvalue weighted by Crippen LogP contribution is -2.11. The Morgan fingerprint density at radius 1 is 1.40 bits per heavy atom. The third-order valence-corrected chi connectivity index (χ3v) is 3.52. The Hall–Kier alpha value is -2.78. The molecule has 0 atom stereocenters. The Balaban J connectivity index is 2.03. The Bertz CT molecular complexity index is 887. The molecule has 96 valence electrons. The zero-order valence-corrected chi connectivity index (χ0v) is 11.0. The summed E-state index contributed by atoms with van der Waals surface area (Å²) < 4.78 is 1.38. The Morgan fingerprint density at radius 3 is 3.05 bits per heavy atom. The largest absolute Gasteiger partial charge is 0.269 e. The van der Waals surface area contributed by atoms with Gasteiger partial charge in [-0.1, -0.05) is 23.5 Å². The standard InChI is InChI=1S/C14H8N4OS/c15-7-12-9-18-13(19)6-11(17-14(18)20-12)4-3-10-2-1-5-16-8-10/h1-6,8-9H. The smallest absolute Gasteiger partial charge is 0.259 e. The number of nitriles is 1. The number of pyridine rings is 1. The number of rotatable bonds is 2. The summed E-state index contributed by atoms with van der Waals surface area (Å²) in [7, 11) is 0. The number of nitrogens with zero attached hydrogens (tertiary/aromatic N) is 4. The van der Waals surface area contributed by atoms with Crippen LogP contribution < -0.4 is 5.56 Å². The fourth-order valence-electron chi connectivity index (χ4n) is 1.71. The van der Waals surface area contributed by atoms with Crippen molar-refractivity contribution in [2.45, 2.75) is 0 Å². The molecule has 3 aromatic rings. The van der Waals surface area contributed by atoms with E-state index in [-0.39, 0.29) is 5.56 Å². The lowest BCUT2D eigenvalue weighted by atomic mass is 10.2. The highest BCUT2D eigenvalue weighted by Crippen LogP contribution is 2.14. The number of aromatic nitrogens is 3. The topological polar surface area (TPSA) is 71.0 Å². The summed E-state index contributed by atoms with van der Waals surface area (Å²) in [5.74, 6) is 0. The molecule has 0 radical (unpaired) electrons. The van der Waals surface area contributed by atoms with E-state index in [4.69, 9.17) is 5.26 Å². The van der Waals surface area contributed by atoms with Gasteiger partial charge in [0.05, 0.1) is 5.69 Å². The molecule has 6 heteroatoms. The molecule has 0 bridgehead atoms. The van der Waals surface area contributed by atoms with E-state index in [9.17, 15) is 4.79 Å². The van der Waals surface area contributed by atoms with Crippen LogP contribution in [0.15, 0.2) is 41.6 Å². The first-order chi connectivity index (χ1) is 9.76. The van der Waals surface area contributed by atoms with E-state index < -0.39 is 0 Å². The maximum Gasteiger partial charge on any atom is 0.259 e. The Labute approximate surface area is 118 Å². The molecule has 5 nitrogen and oxygen atoms in total. The highest BCUT2D eigenvalue weighted by Gasteiger charge is 2.05. The van der Waals surface area contributed by atoms with Gasteiger partial charge in [-0.05, 0) is 17.7 Å². The van der Waals surface area contributed by atoms with E-state index in [1.807, 2.05) is 24.3 Å². The van der Waals surface area contributed by atoms with Crippen LogP contribution in [-0.4, -0.2) is 14.4 Å². The van der Waals surface area contributed by atoms with E-state index in [0.717, 1.165) is 5.56 Å². The molecule has 0 aliphatic carbocycles. The van der Waals surface area contributed by atoms with Crippen molar-refractivity contribution in [1.29, 1.82) is 5.26 Å². The van der Waals surface area contributed by atoms with E-state index >= 15 is 0 Å². The van der Waals surface area contributed by atoms with Gasteiger partial charge in [-0.15, -0.1) is 0 Å². The molecule has 0 spiro atoms. The third-order valence-electron chi connectivity index (χ3n) is 2.63. The van der Waals surface area contributed by atoms with Crippen LogP contribution in [0.5, 0.6) is 0 Å². The van der Waals surface area contributed by atoms with E-state index in [0.29, 0.717) is 15.5 Å². The molecule has 0 saturated heterocycles. The van der Waals surface area contributed by atoms with Gasteiger partial charge in [0, 0.05) is 24.7 Å². The van der Waals surface area contributed by atoms with Crippen molar-refractivity contribution in [3.63, 3.8) is 0 Å². The van der Waals surface area contributed by atoms with E-state index in [1.54, 1.807) is 18.5 Å². The lowest BCUT2D eigenvalue weighted by molar-refractivity contribution is 1.07. The maximum atomic E-state index is 11.9. The SMILES string of the molecule is N#Cc1cn2c(=O)cc(C=Cc3cccnc3)nc2s1. The summed E-state index contributed by atoms with van der Waals surface area (Å²) in [5.41, 5.74) is 1.29. The summed E-state index contributed by atoms with van der Waals surface area (Å²) in [6.45, 7) is 0. The first-order valence-corrected chi connectivity index (χ1v) is 6.59. The third kappa shape index (κ3) is 2.35. The van der Waals surface area contributed by atoms with Gasteiger partial charge in [0.1, 0.15) is 10.9 Å². The molecule has 0 aromatic carbocycles. The second-order valence-corrected chi connectivity index (χ2v) is 5.01. The first-order valence-electron chi connectivity index (χ1n) is 5.78. The Kier molecular flexibility index (Phi) is 3.11. The van der Waals surface area contributed by atoms with Gasteiger partial charge >= 0.3 is 0 Å². The highest BCUT2D eigenvalue weighted by molar-refractivity contribution is 7.17. The maximum absolute atomic E-state index is 11.9. The van der Waals surface area contributed by atoms with Crippen molar-refractivity contribution in [3.05, 3.63) is 63.3 Å². The van der Waals surface area contributed by atoms with Gasteiger partial charge in [0.25, 0.3) is 5.56 Å². The number of hydrogen-bond acceptors (Lipinski definition) is 5. The Morgan fingerprint density at radius 2 is 2.30 bits per heavy atom. The van der Waals surface area contributed by atoms with Gasteiger partial charge in [0.2, 0.25) is 0 Å². The van der Waals surface area contributed by atoms with Gasteiger partial charge in [0.15, 0.2) is 4.96 Å². The molecular formula is C14H8N4OS. The van der Waals surface area contributed by atoms with E-state index in [2.05, 4.69) is 9.97 Å². The fourth-order valence-corrected chi connectivity index (χ4v) is 2.51. The van der Waals surface area contributed by atoms with Crippen molar-refractivity contribution in [1.82, 2.24) is 14.4 Å². The van der Waals surface area contributed by atoms with Crippen LogP contribution in [0.25, 0.3) is 17.1 Å². The summed E-state index contributed by atoms with van der Waals surface area (Å²) in [5, 5.41) is 8.85. The predicted molar refractivity (Wildman–Crippen MR) is 77.2 cm³/mol. The molecule has 3 aromatic heterocycles. The van der Waals surface area contributed by atoms with Crippen molar-refractivity contribution >= 4 is 28.4 Å². The molecule has 0 amide bonds. The van der Waals surface area contributed by atoms with Crippen molar-refractivity contribution in [2.75, 3.05) is 0 Å². The van der Waals surface area contributed by atoms with Gasteiger partial charge < -0.3 is 0 Å². The van der Waals surface area contributed by atoms with Crippen LogP contribution in [0.4, 0.5) is 0 Å². The van der Waals surface area contributed by atoms with Crippen molar-refractivity contribution < 1.29 is 0 Å². The van der Waals surface area contributed by atoms with Gasteiger partial charge in [-0.3, -0.25) is 14.2 Å². The molecule has 3 heterocycles. The second kappa shape index (κ2) is 5.07. The number of fused-ring (bicyclic) bond motifs is 1. The predicted octanol–water partition coefficient (Wildman–Crippen LogP) is 2.19. The fraction of sp³-hybridized carbons (Fsp3) is 0. The normalized spacial score (nSPS) is 10.9. The van der Waals surface area contributed by atoms with Crippen LogP contribution in [0.3, 0.4) is 0 Å². The minimum absolute atomic E-state index is 0.196. The summed E-state index contributed by atoms with van der Waals surface area (Å²) in [6.07, 6.45) is 8.52. The molecule has 20 heavy (non-hydrogen) atoms. The van der Waals surface area contributed by atoms with Crippen LogP contribution in [0, 0.1) is 11.3 Å². The summed E-state index contributed by atoms with van der Waals surface area (Å²) >= 11 is 1.19. The van der Waals surface area contributed by atoms with Crippen molar-refractivity contribution in [3.8, 4) is 6.07 Å². The number of thiazole rings is 1. The summed E-state index contributed by atoms with van der Waals surface area (Å²) in [4.78, 5) is 21.2. The van der Waals surface area contributed by atoms with Crippen LogP contribution in [-0.2, 0) is 0 Å². The number of hydrogen-bond donors (Lipinski definition) is 0. The second-order valence-electron chi connectivity index (χ2n) is 4.00. The van der Waals surface area contributed by atoms with Crippen LogP contribution in [0.2, 0.25) is 0 Å². The zero-order valence-electron chi connectivity index (χ0n) is 10.2. The molecule has 0 unspecified atom stereocenters. The van der Waals surface area contributed by atoms with Crippen LogP contribution >= 0.6 is 11.3 Å². The summed E-state index contributed by atoms with van der Waals surface area (Å²) in [6, 6.07) is 7.20. The quantitative estimate of drug-likeness (QED) is 0.721. The monoisotopic (exact) mass is 280 g/mol. The van der Waals surface area contributed by atoms with Gasteiger partial charge in [-0.25, -0.2) is 4.98 Å². The molecule has 0 aliphatic heterocycles. The van der Waals surface area contributed by atoms with Gasteiger partial charge in [-0.2, -0.15) is 5.26 Å². The van der Waals surface area contributed by atoms with E-state index in [1.165, 1.54) is 28.0 Å². The minimum atomic E-state index is -0.196. The molecular weight excluding hydrogens is 272 g/mol. The molecule has 3 rings (SSSR count). The van der Waals surface area contributed by atoms with Crippen molar-refractivity contribution in [2.24, 2.45) is 0 Å². The zero-order chi connectivity index (χ0) is 13.9. The molecule has 0 saturated carbocycles. The first kappa shape index (κ1) is 12.3. The minimum Gasteiger partial charge on any atom is -0.269 e. The average molecular weight is 280 g/mol. The lowest BCUT2D eigenvalue weighted by Gasteiger charge is -1.95. The highest BCUT2D eigenvalue weighted by atomic mass is 32.1. The van der Waals surface area contributed by atoms with Crippen LogP contribution in [0.1, 0.15) is 16.1 Å².